The Balaban J connectivity index is 1.77. The third-order valence-corrected chi connectivity index (χ3v) is 5.25. The van der Waals surface area contributed by atoms with Crippen molar-refractivity contribution in [1.29, 1.82) is 0 Å². The molecule has 0 bridgehead atoms. The maximum Gasteiger partial charge on any atom is 0.347 e. The van der Waals surface area contributed by atoms with Crippen molar-refractivity contribution in [3.63, 3.8) is 0 Å². The molecular weight excluding hydrogens is 376 g/mol. The van der Waals surface area contributed by atoms with Crippen LogP contribution in [0.15, 0.2) is 63.8 Å². The van der Waals surface area contributed by atoms with E-state index in [1.165, 1.54) is 0 Å². The molecule has 2 aromatic carbocycles. The van der Waals surface area contributed by atoms with E-state index in [1.807, 2.05) is 18.2 Å². The molecule has 0 spiro atoms. The lowest BCUT2D eigenvalue weighted by Gasteiger charge is -2.19. The lowest BCUT2D eigenvalue weighted by molar-refractivity contribution is -0.0501. The quantitative estimate of drug-likeness (QED) is 0.450. The maximum absolute atomic E-state index is 12.7. The fourth-order valence-corrected chi connectivity index (χ4v) is 3.80. The summed E-state index contributed by atoms with van der Waals surface area (Å²) in [5, 5.41) is 30.9. The zero-order valence-corrected chi connectivity index (χ0v) is 15.2. The third-order valence-electron chi connectivity index (χ3n) is 5.25. The van der Waals surface area contributed by atoms with Crippen molar-refractivity contribution in [1.82, 2.24) is 9.55 Å². The van der Waals surface area contributed by atoms with Crippen LogP contribution in [0.3, 0.4) is 0 Å². The van der Waals surface area contributed by atoms with Gasteiger partial charge in [0.25, 0.3) is 0 Å². The first-order valence-corrected chi connectivity index (χ1v) is 9.21. The Morgan fingerprint density at radius 3 is 2.59 bits per heavy atom. The Hall–Kier alpha value is -3.04. The highest BCUT2D eigenvalue weighted by Gasteiger charge is 2.44. The van der Waals surface area contributed by atoms with Crippen molar-refractivity contribution >= 4 is 22.0 Å². The molecule has 2 aromatic heterocycles. The average molecular weight is 394 g/mol. The SMILES string of the molecule is O=c1oc2ccccc2cc1-c1nc2ccccc2n1[C@@H]1O[C@H](CO)[C@@H](O)[C@H]1O. The molecule has 0 saturated carbocycles. The van der Waals surface area contributed by atoms with Gasteiger partial charge in [0.15, 0.2) is 12.1 Å². The molecule has 3 heterocycles. The monoisotopic (exact) mass is 394 g/mol. The molecule has 1 aliphatic heterocycles. The van der Waals surface area contributed by atoms with Crippen LogP contribution in [0.2, 0.25) is 0 Å². The molecule has 4 atom stereocenters. The second kappa shape index (κ2) is 6.78. The summed E-state index contributed by atoms with van der Waals surface area (Å²) in [6, 6.07) is 16.0. The largest absolute Gasteiger partial charge is 0.422 e. The second-order valence-electron chi connectivity index (χ2n) is 7.01. The van der Waals surface area contributed by atoms with Crippen molar-refractivity contribution in [3.05, 3.63) is 65.0 Å². The number of rotatable bonds is 3. The number of para-hydroxylation sites is 3. The van der Waals surface area contributed by atoms with Crippen molar-refractivity contribution < 1.29 is 24.5 Å². The molecule has 0 aliphatic carbocycles. The smallest absolute Gasteiger partial charge is 0.347 e. The van der Waals surface area contributed by atoms with Gasteiger partial charge in [0.1, 0.15) is 29.5 Å². The first-order chi connectivity index (χ1) is 14.1. The number of hydrogen-bond donors (Lipinski definition) is 3. The maximum atomic E-state index is 12.7. The summed E-state index contributed by atoms with van der Waals surface area (Å²) in [7, 11) is 0. The molecule has 8 nitrogen and oxygen atoms in total. The summed E-state index contributed by atoms with van der Waals surface area (Å²) in [4.78, 5) is 17.3. The summed E-state index contributed by atoms with van der Waals surface area (Å²) in [6.07, 6.45) is -4.56. The minimum absolute atomic E-state index is 0.206. The Morgan fingerprint density at radius 1 is 1.03 bits per heavy atom. The molecule has 4 aromatic rings. The molecule has 5 rings (SSSR count). The summed E-state index contributed by atoms with van der Waals surface area (Å²) in [6.45, 7) is -0.450. The zero-order valence-electron chi connectivity index (χ0n) is 15.2. The fourth-order valence-electron chi connectivity index (χ4n) is 3.80. The number of nitrogens with zero attached hydrogens (tertiary/aromatic N) is 2. The molecule has 29 heavy (non-hydrogen) atoms. The van der Waals surface area contributed by atoms with E-state index in [9.17, 15) is 20.1 Å². The topological polar surface area (TPSA) is 118 Å². The van der Waals surface area contributed by atoms with Gasteiger partial charge in [-0.05, 0) is 24.3 Å². The van der Waals surface area contributed by atoms with Gasteiger partial charge in [-0.15, -0.1) is 0 Å². The number of aliphatic hydroxyl groups is 3. The van der Waals surface area contributed by atoms with Crippen LogP contribution in [-0.4, -0.2) is 49.8 Å². The summed E-state index contributed by atoms with van der Waals surface area (Å²) in [5.41, 5.74) is 1.29. The Morgan fingerprint density at radius 2 is 1.79 bits per heavy atom. The van der Waals surface area contributed by atoms with Crippen LogP contribution in [-0.2, 0) is 4.74 Å². The minimum atomic E-state index is -1.31. The number of aliphatic hydroxyl groups excluding tert-OH is 3. The zero-order chi connectivity index (χ0) is 20.1. The first-order valence-electron chi connectivity index (χ1n) is 9.21. The molecule has 1 fully saturated rings. The lowest BCUT2D eigenvalue weighted by atomic mass is 10.1. The van der Waals surface area contributed by atoms with E-state index in [0.29, 0.717) is 16.6 Å². The molecule has 0 amide bonds. The van der Waals surface area contributed by atoms with Crippen molar-refractivity contribution in [3.8, 4) is 11.4 Å². The van der Waals surface area contributed by atoms with Gasteiger partial charge in [0.2, 0.25) is 0 Å². The number of fused-ring (bicyclic) bond motifs is 2. The summed E-state index contributed by atoms with van der Waals surface area (Å²) in [5.74, 6) is 0.251. The second-order valence-corrected chi connectivity index (χ2v) is 7.01. The van der Waals surface area contributed by atoms with E-state index >= 15 is 0 Å². The van der Waals surface area contributed by atoms with Gasteiger partial charge in [-0.3, -0.25) is 4.57 Å². The van der Waals surface area contributed by atoms with Crippen molar-refractivity contribution in [2.24, 2.45) is 0 Å². The molecule has 8 heteroatoms. The van der Waals surface area contributed by atoms with Crippen LogP contribution in [0.25, 0.3) is 33.4 Å². The van der Waals surface area contributed by atoms with E-state index in [-0.39, 0.29) is 11.4 Å². The first kappa shape index (κ1) is 18.0. The van der Waals surface area contributed by atoms with Crippen LogP contribution >= 0.6 is 0 Å². The van der Waals surface area contributed by atoms with Crippen LogP contribution < -0.4 is 5.63 Å². The summed E-state index contributed by atoms with van der Waals surface area (Å²) >= 11 is 0. The highest BCUT2D eigenvalue weighted by atomic mass is 16.6. The molecule has 0 unspecified atom stereocenters. The number of aromatic nitrogens is 2. The van der Waals surface area contributed by atoms with E-state index < -0.39 is 36.8 Å². The van der Waals surface area contributed by atoms with Gasteiger partial charge in [-0.1, -0.05) is 30.3 Å². The van der Waals surface area contributed by atoms with Gasteiger partial charge in [0, 0.05) is 5.39 Å². The number of benzene rings is 2. The fraction of sp³-hybridized carbons (Fsp3) is 0.238. The van der Waals surface area contributed by atoms with E-state index in [1.54, 1.807) is 41.0 Å². The Kier molecular flexibility index (Phi) is 4.21. The lowest BCUT2D eigenvalue weighted by Crippen LogP contribution is -2.33. The van der Waals surface area contributed by atoms with Gasteiger partial charge in [0.05, 0.1) is 17.6 Å². The van der Waals surface area contributed by atoms with Gasteiger partial charge < -0.3 is 24.5 Å². The van der Waals surface area contributed by atoms with E-state index in [4.69, 9.17) is 9.15 Å². The average Bonchev–Trinajstić information content (AvgIpc) is 3.25. The van der Waals surface area contributed by atoms with Crippen LogP contribution in [0, 0.1) is 0 Å². The molecule has 1 aliphatic rings. The normalized spacial score (nSPS) is 24.5. The van der Waals surface area contributed by atoms with Crippen LogP contribution in [0.1, 0.15) is 6.23 Å². The number of ether oxygens (including phenoxy) is 1. The van der Waals surface area contributed by atoms with E-state index in [0.717, 1.165) is 5.39 Å². The highest BCUT2D eigenvalue weighted by Crippen LogP contribution is 2.36. The van der Waals surface area contributed by atoms with Crippen molar-refractivity contribution in [2.45, 2.75) is 24.5 Å². The molecule has 0 radical (unpaired) electrons. The Labute approximate surface area is 164 Å². The van der Waals surface area contributed by atoms with Gasteiger partial charge >= 0.3 is 5.63 Å². The predicted molar refractivity (Wildman–Crippen MR) is 104 cm³/mol. The standard InChI is InChI=1S/C21H18N2O6/c24-10-16-17(25)18(26)20(28-16)23-14-7-3-2-6-13(14)22-19(23)12-9-11-5-1-4-8-15(11)29-21(12)27/h1-9,16-18,20,24-26H,10H2/t16-,17-,18-,20-/m1/s1. The predicted octanol–water partition coefficient (Wildman–Crippen LogP) is 1.42. The minimum Gasteiger partial charge on any atom is -0.422 e. The Bertz CT molecular complexity index is 1260. The van der Waals surface area contributed by atoms with Gasteiger partial charge in [-0.2, -0.15) is 0 Å². The van der Waals surface area contributed by atoms with Crippen molar-refractivity contribution in [2.75, 3.05) is 6.61 Å². The van der Waals surface area contributed by atoms with Gasteiger partial charge in [-0.25, -0.2) is 9.78 Å². The molecule has 1 saturated heterocycles. The molecule has 3 N–H and O–H groups in total. The summed E-state index contributed by atoms with van der Waals surface area (Å²) < 4.78 is 12.7. The molecular formula is C21H18N2O6. The van der Waals surface area contributed by atoms with E-state index in [2.05, 4.69) is 4.98 Å². The highest BCUT2D eigenvalue weighted by molar-refractivity contribution is 5.84. The van der Waals surface area contributed by atoms with Crippen LogP contribution in [0.5, 0.6) is 0 Å². The number of imidazole rings is 1. The van der Waals surface area contributed by atoms with Crippen LogP contribution in [0.4, 0.5) is 0 Å². The third kappa shape index (κ3) is 2.77. The number of hydrogen-bond acceptors (Lipinski definition) is 7. The molecule has 148 valence electrons.